The molecular formula is C21H21ClN2O2S2. The molecule has 1 saturated heterocycles. The number of hydrogen-bond acceptors (Lipinski definition) is 5. The number of nitrogens with one attached hydrogen (secondary N) is 1. The Hall–Kier alpha value is -1.73. The number of nitrogens with zero attached hydrogens (tertiary/aromatic N) is 1. The normalized spacial score (nSPS) is 16.0. The Morgan fingerprint density at radius 3 is 2.68 bits per heavy atom. The van der Waals surface area contributed by atoms with Gasteiger partial charge in [0.1, 0.15) is 5.01 Å². The molecule has 1 N–H and O–H groups in total. The molecule has 1 aromatic carbocycles. The molecule has 0 spiro atoms. The second-order valence-electron chi connectivity index (χ2n) is 6.96. The lowest BCUT2D eigenvalue weighted by atomic mass is 9.74. The predicted molar refractivity (Wildman–Crippen MR) is 115 cm³/mol. The molecule has 146 valence electrons. The van der Waals surface area contributed by atoms with Crippen LogP contribution >= 0.6 is 34.3 Å². The Balaban J connectivity index is 1.40. The second kappa shape index (κ2) is 8.74. The van der Waals surface area contributed by atoms with Crippen LogP contribution in [0.5, 0.6) is 0 Å². The van der Waals surface area contributed by atoms with E-state index < -0.39 is 0 Å². The van der Waals surface area contributed by atoms with E-state index in [1.54, 1.807) is 11.3 Å². The fourth-order valence-corrected chi connectivity index (χ4v) is 5.48. The molecule has 0 radical (unpaired) electrons. The minimum absolute atomic E-state index is 0.00265. The zero-order valence-electron chi connectivity index (χ0n) is 15.3. The smallest absolute Gasteiger partial charge is 0.226 e. The summed E-state index contributed by atoms with van der Waals surface area (Å²) in [6.45, 7) is 2.07. The van der Waals surface area contributed by atoms with Gasteiger partial charge in [-0.1, -0.05) is 41.9 Å². The Bertz CT molecular complexity index is 933. The zero-order chi connectivity index (χ0) is 19.4. The van der Waals surface area contributed by atoms with E-state index in [1.165, 1.54) is 16.9 Å². The number of halogens is 1. The van der Waals surface area contributed by atoms with Crippen molar-refractivity contribution in [1.82, 2.24) is 10.3 Å². The van der Waals surface area contributed by atoms with E-state index in [-0.39, 0.29) is 17.7 Å². The van der Waals surface area contributed by atoms with Crippen LogP contribution in [0.15, 0.2) is 47.8 Å². The topological polar surface area (TPSA) is 51.2 Å². The summed E-state index contributed by atoms with van der Waals surface area (Å²) in [7, 11) is 0. The van der Waals surface area contributed by atoms with Gasteiger partial charge in [0.05, 0.1) is 21.3 Å². The average Bonchev–Trinajstić information content (AvgIpc) is 3.37. The number of hydrogen-bond donors (Lipinski definition) is 1. The number of amides is 1. The van der Waals surface area contributed by atoms with E-state index >= 15 is 0 Å². The number of rotatable bonds is 6. The number of benzene rings is 1. The van der Waals surface area contributed by atoms with Crippen molar-refractivity contribution in [2.75, 3.05) is 19.8 Å². The van der Waals surface area contributed by atoms with Crippen molar-refractivity contribution in [3.63, 3.8) is 0 Å². The molecule has 3 aromatic rings. The van der Waals surface area contributed by atoms with Gasteiger partial charge in [0.2, 0.25) is 5.91 Å². The van der Waals surface area contributed by atoms with E-state index in [4.69, 9.17) is 16.3 Å². The molecule has 1 aliphatic heterocycles. The first kappa shape index (κ1) is 19.6. The van der Waals surface area contributed by atoms with Gasteiger partial charge in [0.15, 0.2) is 0 Å². The summed E-state index contributed by atoms with van der Waals surface area (Å²) in [6, 6.07) is 14.3. The van der Waals surface area contributed by atoms with Crippen molar-refractivity contribution in [3.05, 3.63) is 63.4 Å². The number of carbonyl (C=O) groups is 1. The van der Waals surface area contributed by atoms with Gasteiger partial charge < -0.3 is 10.1 Å². The summed E-state index contributed by atoms with van der Waals surface area (Å²) < 4.78 is 6.31. The molecule has 4 rings (SSSR count). The highest BCUT2D eigenvalue weighted by Gasteiger charge is 2.34. The SMILES string of the molecule is O=C(Cc1csc(-c2ccc(Cl)s2)n1)NCC1(c2ccccc2)CCOCC1. The molecule has 0 aliphatic carbocycles. The molecule has 0 atom stereocenters. The standard InChI is InChI=1S/C21H21ClN2O2S2/c22-18-7-6-17(28-18)20-24-16(13-27-20)12-19(25)23-14-21(8-10-26-11-9-21)15-4-2-1-3-5-15/h1-7,13H,8-12,14H2,(H,23,25). The van der Waals surface area contributed by atoms with Crippen LogP contribution in [0.2, 0.25) is 4.34 Å². The van der Waals surface area contributed by atoms with Crippen molar-refractivity contribution in [2.45, 2.75) is 24.7 Å². The molecule has 0 bridgehead atoms. The van der Waals surface area contributed by atoms with Gasteiger partial charge in [-0.05, 0) is 30.5 Å². The summed E-state index contributed by atoms with van der Waals surface area (Å²) in [5.41, 5.74) is 2.00. The first-order chi connectivity index (χ1) is 13.6. The summed E-state index contributed by atoms with van der Waals surface area (Å²) in [5, 5.41) is 6.00. The molecule has 4 nitrogen and oxygen atoms in total. The largest absolute Gasteiger partial charge is 0.381 e. The number of thiophene rings is 1. The number of carbonyl (C=O) groups excluding carboxylic acids is 1. The molecule has 0 saturated carbocycles. The third-order valence-corrected chi connectivity index (χ3v) is 7.43. The minimum Gasteiger partial charge on any atom is -0.381 e. The maximum absolute atomic E-state index is 12.6. The summed E-state index contributed by atoms with van der Waals surface area (Å²) in [4.78, 5) is 18.2. The molecule has 3 heterocycles. The lowest BCUT2D eigenvalue weighted by Crippen LogP contribution is -2.45. The molecule has 1 amide bonds. The molecular weight excluding hydrogens is 412 g/mol. The van der Waals surface area contributed by atoms with E-state index in [0.717, 1.165) is 46.0 Å². The lowest BCUT2D eigenvalue weighted by molar-refractivity contribution is -0.121. The van der Waals surface area contributed by atoms with Crippen molar-refractivity contribution < 1.29 is 9.53 Å². The number of aromatic nitrogens is 1. The van der Waals surface area contributed by atoms with Gasteiger partial charge in [0, 0.05) is 30.6 Å². The van der Waals surface area contributed by atoms with E-state index in [2.05, 4.69) is 34.6 Å². The van der Waals surface area contributed by atoms with Gasteiger partial charge in [0.25, 0.3) is 0 Å². The molecule has 1 fully saturated rings. The van der Waals surface area contributed by atoms with Crippen molar-refractivity contribution in [1.29, 1.82) is 0 Å². The fraction of sp³-hybridized carbons (Fsp3) is 0.333. The van der Waals surface area contributed by atoms with Crippen LogP contribution in [0, 0.1) is 0 Å². The summed E-state index contributed by atoms with van der Waals surface area (Å²) in [6.07, 6.45) is 2.12. The predicted octanol–water partition coefficient (Wildman–Crippen LogP) is 4.93. The first-order valence-corrected chi connectivity index (χ1v) is 11.3. The molecule has 28 heavy (non-hydrogen) atoms. The number of thiazole rings is 1. The number of ether oxygens (including phenoxy) is 1. The Kier molecular flexibility index (Phi) is 6.11. The molecule has 0 unspecified atom stereocenters. The average molecular weight is 433 g/mol. The lowest BCUT2D eigenvalue weighted by Gasteiger charge is -2.38. The highest BCUT2D eigenvalue weighted by Crippen LogP contribution is 2.35. The van der Waals surface area contributed by atoms with Crippen LogP contribution in [0.3, 0.4) is 0 Å². The highest BCUT2D eigenvalue weighted by molar-refractivity contribution is 7.23. The fourth-order valence-electron chi connectivity index (χ4n) is 3.55. The van der Waals surface area contributed by atoms with Crippen LogP contribution in [0.1, 0.15) is 24.1 Å². The first-order valence-electron chi connectivity index (χ1n) is 9.25. The van der Waals surface area contributed by atoms with Crippen molar-refractivity contribution in [2.24, 2.45) is 0 Å². The monoisotopic (exact) mass is 432 g/mol. The maximum atomic E-state index is 12.6. The maximum Gasteiger partial charge on any atom is 0.226 e. The zero-order valence-corrected chi connectivity index (χ0v) is 17.7. The van der Waals surface area contributed by atoms with Crippen LogP contribution in [-0.4, -0.2) is 30.6 Å². The van der Waals surface area contributed by atoms with E-state index in [9.17, 15) is 4.79 Å². The minimum atomic E-state index is -0.0594. The summed E-state index contributed by atoms with van der Waals surface area (Å²) in [5.74, 6) is 0.00265. The molecule has 2 aromatic heterocycles. The Morgan fingerprint density at radius 1 is 1.18 bits per heavy atom. The van der Waals surface area contributed by atoms with Crippen LogP contribution < -0.4 is 5.32 Å². The van der Waals surface area contributed by atoms with Crippen molar-refractivity contribution in [3.8, 4) is 9.88 Å². The quantitative estimate of drug-likeness (QED) is 0.600. The molecule has 7 heteroatoms. The van der Waals surface area contributed by atoms with Gasteiger partial charge in [-0.25, -0.2) is 4.98 Å². The van der Waals surface area contributed by atoms with Gasteiger partial charge in [-0.2, -0.15) is 0 Å². The van der Waals surface area contributed by atoms with Gasteiger partial charge in [-0.15, -0.1) is 22.7 Å². The third kappa shape index (κ3) is 4.46. The Morgan fingerprint density at radius 2 is 1.96 bits per heavy atom. The van der Waals surface area contributed by atoms with E-state index in [0.29, 0.717) is 6.54 Å². The van der Waals surface area contributed by atoms with E-state index in [1.807, 2.05) is 23.6 Å². The van der Waals surface area contributed by atoms with Crippen molar-refractivity contribution >= 4 is 40.2 Å². The second-order valence-corrected chi connectivity index (χ2v) is 9.53. The van der Waals surface area contributed by atoms with Gasteiger partial charge in [-0.3, -0.25) is 4.79 Å². The van der Waals surface area contributed by atoms with Crippen LogP contribution in [0.25, 0.3) is 9.88 Å². The van der Waals surface area contributed by atoms with Crippen LogP contribution in [0.4, 0.5) is 0 Å². The Labute approximate surface area is 177 Å². The van der Waals surface area contributed by atoms with Gasteiger partial charge >= 0.3 is 0 Å². The van der Waals surface area contributed by atoms with Crippen LogP contribution in [-0.2, 0) is 21.4 Å². The molecule has 1 aliphatic rings. The third-order valence-electron chi connectivity index (χ3n) is 5.14. The highest BCUT2D eigenvalue weighted by atomic mass is 35.5. The summed E-state index contributed by atoms with van der Waals surface area (Å²) >= 11 is 9.05.